The van der Waals surface area contributed by atoms with E-state index in [1.54, 1.807) is 0 Å². The first-order valence-corrected chi connectivity index (χ1v) is 10.3. The summed E-state index contributed by atoms with van der Waals surface area (Å²) in [5.74, 6) is 0.295. The summed E-state index contributed by atoms with van der Waals surface area (Å²) < 4.78 is 5.73. The summed E-state index contributed by atoms with van der Waals surface area (Å²) in [6.45, 7) is 9.13. The molecule has 2 heteroatoms. The maximum absolute atomic E-state index is 12.7. The molecule has 0 unspecified atom stereocenters. The molecule has 29 heavy (non-hydrogen) atoms. The van der Waals surface area contributed by atoms with Crippen molar-refractivity contribution in [1.82, 2.24) is 0 Å². The second-order valence-corrected chi connectivity index (χ2v) is 9.31. The third kappa shape index (κ3) is 3.85. The lowest BCUT2D eigenvalue weighted by molar-refractivity contribution is 0.0734. The molecule has 0 heterocycles. The number of carbonyl (C=O) groups is 1. The fraction of sp³-hybridized carbons (Fsp3) is 0.296. The molecule has 0 N–H and O–H groups in total. The first kappa shape index (κ1) is 19.4. The Labute approximate surface area is 173 Å². The van der Waals surface area contributed by atoms with Crippen LogP contribution in [0.25, 0.3) is 11.1 Å². The number of ether oxygens (including phenoxy) is 1. The van der Waals surface area contributed by atoms with Gasteiger partial charge in [-0.1, -0.05) is 76.2 Å². The second-order valence-electron chi connectivity index (χ2n) is 9.31. The Bertz CT molecular complexity index is 1030. The summed E-state index contributed by atoms with van der Waals surface area (Å²) >= 11 is 0. The standard InChI is InChI=1S/C27H28O2/c1-26(2)16-17-27(3,4)24-18-22(14-15-23(24)26)29-25(28)21-12-10-20(11-13-21)19-8-6-5-7-9-19/h5-15,18H,16-17H2,1-4H3. The Morgan fingerprint density at radius 1 is 0.724 bits per heavy atom. The van der Waals surface area contributed by atoms with Crippen molar-refractivity contribution in [3.63, 3.8) is 0 Å². The van der Waals surface area contributed by atoms with Crippen LogP contribution in [0.2, 0.25) is 0 Å². The molecule has 0 aliphatic heterocycles. The van der Waals surface area contributed by atoms with Gasteiger partial charge in [0, 0.05) is 0 Å². The van der Waals surface area contributed by atoms with E-state index in [0.717, 1.165) is 17.5 Å². The molecular formula is C27H28O2. The van der Waals surface area contributed by atoms with Crippen molar-refractivity contribution in [3.05, 3.63) is 89.5 Å². The van der Waals surface area contributed by atoms with Crippen LogP contribution < -0.4 is 4.74 Å². The summed E-state index contributed by atoms with van der Waals surface area (Å²) in [5.41, 5.74) is 5.67. The summed E-state index contributed by atoms with van der Waals surface area (Å²) in [4.78, 5) is 12.7. The fourth-order valence-corrected chi connectivity index (χ4v) is 4.23. The quantitative estimate of drug-likeness (QED) is 0.362. The van der Waals surface area contributed by atoms with Gasteiger partial charge >= 0.3 is 5.97 Å². The van der Waals surface area contributed by atoms with Crippen LogP contribution >= 0.6 is 0 Å². The van der Waals surface area contributed by atoms with E-state index in [2.05, 4.69) is 52.0 Å². The van der Waals surface area contributed by atoms with Gasteiger partial charge in [0.15, 0.2) is 0 Å². The summed E-state index contributed by atoms with van der Waals surface area (Å²) in [6, 6.07) is 23.8. The van der Waals surface area contributed by atoms with Crippen LogP contribution in [0.15, 0.2) is 72.8 Å². The van der Waals surface area contributed by atoms with Crippen LogP contribution in [0.3, 0.4) is 0 Å². The summed E-state index contributed by atoms with van der Waals surface area (Å²) in [7, 11) is 0. The predicted molar refractivity (Wildman–Crippen MR) is 119 cm³/mol. The van der Waals surface area contributed by atoms with Crippen molar-refractivity contribution in [1.29, 1.82) is 0 Å². The monoisotopic (exact) mass is 384 g/mol. The summed E-state index contributed by atoms with van der Waals surface area (Å²) in [5, 5.41) is 0. The highest BCUT2D eigenvalue weighted by Crippen LogP contribution is 2.46. The third-order valence-electron chi connectivity index (χ3n) is 6.26. The molecule has 3 aromatic carbocycles. The number of fused-ring (bicyclic) bond motifs is 1. The molecule has 148 valence electrons. The number of carbonyl (C=O) groups excluding carboxylic acids is 1. The Balaban J connectivity index is 1.56. The van der Waals surface area contributed by atoms with Crippen molar-refractivity contribution < 1.29 is 9.53 Å². The van der Waals surface area contributed by atoms with Gasteiger partial charge < -0.3 is 4.74 Å². The molecule has 0 saturated carbocycles. The first-order valence-electron chi connectivity index (χ1n) is 10.3. The molecule has 0 radical (unpaired) electrons. The van der Waals surface area contributed by atoms with Crippen molar-refractivity contribution in [2.75, 3.05) is 0 Å². The Morgan fingerprint density at radius 2 is 1.31 bits per heavy atom. The van der Waals surface area contributed by atoms with Crippen LogP contribution in [0.5, 0.6) is 5.75 Å². The largest absolute Gasteiger partial charge is 0.423 e. The number of hydrogen-bond donors (Lipinski definition) is 0. The molecule has 0 amide bonds. The number of benzene rings is 3. The predicted octanol–water partition coefficient (Wildman–Crippen LogP) is 6.92. The molecule has 4 rings (SSSR count). The lowest BCUT2D eigenvalue weighted by Crippen LogP contribution is -2.33. The molecule has 1 aliphatic carbocycles. The van der Waals surface area contributed by atoms with Gasteiger partial charge in [-0.25, -0.2) is 4.79 Å². The number of hydrogen-bond acceptors (Lipinski definition) is 2. The minimum absolute atomic E-state index is 0.0879. The lowest BCUT2D eigenvalue weighted by Gasteiger charge is -2.41. The number of esters is 1. The Kier molecular flexibility index (Phi) is 4.82. The summed E-state index contributed by atoms with van der Waals surface area (Å²) in [6.07, 6.45) is 2.30. The average molecular weight is 385 g/mol. The highest BCUT2D eigenvalue weighted by Gasteiger charge is 2.37. The fourth-order valence-electron chi connectivity index (χ4n) is 4.23. The minimum Gasteiger partial charge on any atom is -0.423 e. The molecule has 0 atom stereocenters. The van der Waals surface area contributed by atoms with Gasteiger partial charge in [0.2, 0.25) is 0 Å². The van der Waals surface area contributed by atoms with E-state index < -0.39 is 0 Å². The molecule has 0 aromatic heterocycles. The smallest absolute Gasteiger partial charge is 0.343 e. The lowest BCUT2D eigenvalue weighted by atomic mass is 9.63. The van der Waals surface area contributed by atoms with Crippen molar-refractivity contribution in [2.45, 2.75) is 51.4 Å². The minimum atomic E-state index is -0.322. The highest BCUT2D eigenvalue weighted by atomic mass is 16.5. The average Bonchev–Trinajstić information content (AvgIpc) is 2.72. The second kappa shape index (κ2) is 7.18. The third-order valence-corrected chi connectivity index (χ3v) is 6.26. The van der Waals surface area contributed by atoms with E-state index in [9.17, 15) is 4.79 Å². The van der Waals surface area contributed by atoms with Crippen molar-refractivity contribution in [3.8, 4) is 16.9 Å². The zero-order valence-electron chi connectivity index (χ0n) is 17.7. The molecule has 2 nitrogen and oxygen atoms in total. The Hall–Kier alpha value is -2.87. The van der Waals surface area contributed by atoms with Crippen LogP contribution in [0.1, 0.15) is 62.0 Å². The first-order chi connectivity index (χ1) is 13.8. The van der Waals surface area contributed by atoms with Crippen molar-refractivity contribution in [2.24, 2.45) is 0 Å². The van der Waals surface area contributed by atoms with Gasteiger partial charge in [-0.15, -0.1) is 0 Å². The zero-order valence-corrected chi connectivity index (χ0v) is 17.7. The molecule has 0 spiro atoms. The highest BCUT2D eigenvalue weighted by molar-refractivity contribution is 5.91. The SMILES string of the molecule is CC1(C)CCC(C)(C)c2cc(OC(=O)c3ccc(-c4ccccc4)cc3)ccc21. The van der Waals surface area contributed by atoms with Crippen LogP contribution in [-0.4, -0.2) is 5.97 Å². The van der Waals surface area contributed by atoms with E-state index in [1.165, 1.54) is 17.5 Å². The van der Waals surface area contributed by atoms with E-state index in [-0.39, 0.29) is 16.8 Å². The van der Waals surface area contributed by atoms with Gasteiger partial charge in [-0.3, -0.25) is 0 Å². The zero-order chi connectivity index (χ0) is 20.6. The molecule has 0 saturated heterocycles. The maximum atomic E-state index is 12.7. The molecule has 1 aliphatic rings. The topological polar surface area (TPSA) is 26.3 Å². The molecule has 0 bridgehead atoms. The van der Waals surface area contributed by atoms with Crippen molar-refractivity contribution >= 4 is 5.97 Å². The van der Waals surface area contributed by atoms with Gasteiger partial charge in [-0.05, 0) is 70.2 Å². The normalized spacial score (nSPS) is 16.7. The number of rotatable bonds is 3. The molecule has 3 aromatic rings. The van der Waals surface area contributed by atoms with Gasteiger partial charge in [0.05, 0.1) is 5.56 Å². The van der Waals surface area contributed by atoms with Crippen LogP contribution in [0, 0.1) is 0 Å². The maximum Gasteiger partial charge on any atom is 0.343 e. The molecular weight excluding hydrogens is 356 g/mol. The van der Waals surface area contributed by atoms with Gasteiger partial charge in [0.1, 0.15) is 5.75 Å². The van der Waals surface area contributed by atoms with Gasteiger partial charge in [0.25, 0.3) is 0 Å². The van der Waals surface area contributed by atoms with Gasteiger partial charge in [-0.2, -0.15) is 0 Å². The van der Waals surface area contributed by atoms with Crippen LogP contribution in [0.4, 0.5) is 0 Å². The van der Waals surface area contributed by atoms with Crippen LogP contribution in [-0.2, 0) is 10.8 Å². The Morgan fingerprint density at radius 3 is 1.97 bits per heavy atom. The van der Waals surface area contributed by atoms with E-state index in [0.29, 0.717) is 11.3 Å². The molecule has 0 fully saturated rings. The van der Waals surface area contributed by atoms with E-state index >= 15 is 0 Å². The van der Waals surface area contributed by atoms with E-state index in [4.69, 9.17) is 4.74 Å². The van der Waals surface area contributed by atoms with E-state index in [1.807, 2.05) is 48.5 Å².